The van der Waals surface area contributed by atoms with Gasteiger partial charge in [-0.25, -0.2) is 8.42 Å². The maximum atomic E-state index is 11.8. The zero-order valence-electron chi connectivity index (χ0n) is 11.4. The number of rotatable bonds is 5. The molecule has 1 amide bonds. The quantitative estimate of drug-likeness (QED) is 0.842. The van der Waals surface area contributed by atoms with Gasteiger partial charge in [0, 0.05) is 17.6 Å². The van der Waals surface area contributed by atoms with E-state index in [-0.39, 0.29) is 16.6 Å². The first kappa shape index (κ1) is 15.7. The number of carbonyl (C=O) groups is 1. The molecule has 0 aliphatic heterocycles. The molecule has 106 valence electrons. The lowest BCUT2D eigenvalue weighted by atomic mass is 10.1. The van der Waals surface area contributed by atoms with Gasteiger partial charge in [0.05, 0.1) is 10.6 Å². The van der Waals surface area contributed by atoms with Crippen LogP contribution < -0.4 is 11.1 Å². The lowest BCUT2D eigenvalue weighted by molar-refractivity contribution is 0.0946. The summed E-state index contributed by atoms with van der Waals surface area (Å²) in [6.45, 7) is 5.55. The highest BCUT2D eigenvalue weighted by atomic mass is 32.2. The molecule has 1 aromatic carbocycles. The van der Waals surface area contributed by atoms with Crippen LogP contribution in [0.5, 0.6) is 0 Å². The van der Waals surface area contributed by atoms with Crippen LogP contribution in [0, 0.1) is 0 Å². The molecule has 1 aromatic rings. The van der Waals surface area contributed by atoms with E-state index < -0.39 is 15.4 Å². The predicted molar refractivity (Wildman–Crippen MR) is 74.8 cm³/mol. The third-order valence-electron chi connectivity index (χ3n) is 2.56. The van der Waals surface area contributed by atoms with Gasteiger partial charge in [-0.05, 0) is 38.1 Å². The highest BCUT2D eigenvalue weighted by Gasteiger charge is 2.15. The zero-order chi connectivity index (χ0) is 14.7. The number of hydrogen-bond donors (Lipinski definition) is 2. The van der Waals surface area contributed by atoms with E-state index in [0.29, 0.717) is 12.1 Å². The Morgan fingerprint density at radius 1 is 1.26 bits per heavy atom. The van der Waals surface area contributed by atoms with Crippen LogP contribution >= 0.6 is 0 Å². The molecule has 0 bridgehead atoms. The molecule has 0 fully saturated rings. The van der Waals surface area contributed by atoms with Gasteiger partial charge in [0.15, 0.2) is 9.84 Å². The van der Waals surface area contributed by atoms with Crippen molar-refractivity contribution in [2.45, 2.75) is 31.2 Å². The van der Waals surface area contributed by atoms with Crippen molar-refractivity contribution in [3.05, 3.63) is 29.8 Å². The molecular weight excluding hydrogens is 264 g/mol. The van der Waals surface area contributed by atoms with Gasteiger partial charge in [-0.15, -0.1) is 0 Å². The van der Waals surface area contributed by atoms with Crippen molar-refractivity contribution in [1.29, 1.82) is 0 Å². The highest BCUT2D eigenvalue weighted by Crippen LogP contribution is 2.12. The summed E-state index contributed by atoms with van der Waals surface area (Å²) in [6.07, 6.45) is 0. The molecular formula is C13H20N2O3S. The molecule has 3 N–H and O–H groups in total. The van der Waals surface area contributed by atoms with Crippen LogP contribution in [-0.4, -0.2) is 32.2 Å². The van der Waals surface area contributed by atoms with E-state index in [1.165, 1.54) is 24.3 Å². The van der Waals surface area contributed by atoms with Gasteiger partial charge in [-0.2, -0.15) is 0 Å². The molecule has 5 nitrogen and oxygen atoms in total. The molecule has 0 aliphatic carbocycles. The van der Waals surface area contributed by atoms with E-state index in [1.54, 1.807) is 6.92 Å². The van der Waals surface area contributed by atoms with Gasteiger partial charge in [0.2, 0.25) is 0 Å². The van der Waals surface area contributed by atoms with Crippen LogP contribution in [0.4, 0.5) is 0 Å². The van der Waals surface area contributed by atoms with Crippen molar-refractivity contribution in [2.24, 2.45) is 5.73 Å². The second-order valence-electron chi connectivity index (χ2n) is 5.10. The van der Waals surface area contributed by atoms with Crippen molar-refractivity contribution in [3.8, 4) is 0 Å². The largest absolute Gasteiger partial charge is 0.350 e. The summed E-state index contributed by atoms with van der Waals surface area (Å²) in [4.78, 5) is 12.0. The summed E-state index contributed by atoms with van der Waals surface area (Å²) in [6, 6.07) is 5.89. The molecule has 1 rings (SSSR count). The number of carbonyl (C=O) groups excluding carboxylic acids is 1. The number of nitrogens with one attached hydrogen (secondary N) is 1. The van der Waals surface area contributed by atoms with E-state index in [9.17, 15) is 13.2 Å². The maximum absolute atomic E-state index is 11.8. The third-order valence-corrected chi connectivity index (χ3v) is 4.31. The molecule has 0 aromatic heterocycles. The van der Waals surface area contributed by atoms with E-state index in [4.69, 9.17) is 5.73 Å². The molecule has 0 saturated heterocycles. The van der Waals surface area contributed by atoms with Crippen LogP contribution in [-0.2, 0) is 9.84 Å². The number of nitrogens with two attached hydrogens (primary N) is 1. The van der Waals surface area contributed by atoms with E-state index >= 15 is 0 Å². The molecule has 19 heavy (non-hydrogen) atoms. The average molecular weight is 284 g/mol. The molecule has 0 radical (unpaired) electrons. The summed E-state index contributed by atoms with van der Waals surface area (Å²) in [7, 11) is -3.23. The average Bonchev–Trinajstić information content (AvgIpc) is 2.35. The van der Waals surface area contributed by atoms with Crippen LogP contribution in [0.1, 0.15) is 31.1 Å². The molecule has 0 saturated carbocycles. The van der Waals surface area contributed by atoms with Crippen LogP contribution in [0.3, 0.4) is 0 Å². The van der Waals surface area contributed by atoms with Crippen molar-refractivity contribution in [2.75, 3.05) is 12.3 Å². The molecule has 0 heterocycles. The van der Waals surface area contributed by atoms with E-state index in [0.717, 1.165) is 0 Å². The van der Waals surface area contributed by atoms with Crippen LogP contribution in [0.25, 0.3) is 0 Å². The van der Waals surface area contributed by atoms with Gasteiger partial charge in [-0.1, -0.05) is 6.92 Å². The van der Waals surface area contributed by atoms with Crippen molar-refractivity contribution in [3.63, 3.8) is 0 Å². The van der Waals surface area contributed by atoms with Crippen molar-refractivity contribution >= 4 is 15.7 Å². The van der Waals surface area contributed by atoms with Gasteiger partial charge in [-0.3, -0.25) is 4.79 Å². The fourth-order valence-corrected chi connectivity index (χ4v) is 2.27. The normalized spacial score (nSPS) is 12.2. The Kier molecular flexibility index (Phi) is 4.70. The second kappa shape index (κ2) is 5.71. The fraction of sp³-hybridized carbons (Fsp3) is 0.462. The van der Waals surface area contributed by atoms with Gasteiger partial charge >= 0.3 is 0 Å². The Morgan fingerprint density at radius 2 is 1.79 bits per heavy atom. The minimum atomic E-state index is -3.23. The smallest absolute Gasteiger partial charge is 0.251 e. The Morgan fingerprint density at radius 3 is 2.21 bits per heavy atom. The molecule has 0 unspecified atom stereocenters. The van der Waals surface area contributed by atoms with Crippen molar-refractivity contribution < 1.29 is 13.2 Å². The minimum Gasteiger partial charge on any atom is -0.350 e. The first-order valence-corrected chi connectivity index (χ1v) is 7.71. The van der Waals surface area contributed by atoms with Crippen molar-refractivity contribution in [1.82, 2.24) is 5.32 Å². The number of sulfone groups is 1. The predicted octanol–water partition coefficient (Wildman–Crippen LogP) is 0.947. The highest BCUT2D eigenvalue weighted by molar-refractivity contribution is 7.91. The Labute approximate surface area is 114 Å². The standard InChI is InChI=1S/C13H20N2O3S/c1-4-19(17,18)11-7-5-10(6-8-11)12(16)15-9-13(2,3)14/h5-8H,4,9,14H2,1-3H3,(H,15,16). The van der Waals surface area contributed by atoms with E-state index in [1.807, 2.05) is 13.8 Å². The first-order chi connectivity index (χ1) is 8.65. The number of benzene rings is 1. The lowest BCUT2D eigenvalue weighted by Crippen LogP contribution is -2.45. The topological polar surface area (TPSA) is 89.3 Å². The lowest BCUT2D eigenvalue weighted by Gasteiger charge is -2.18. The minimum absolute atomic E-state index is 0.0416. The number of hydrogen-bond acceptors (Lipinski definition) is 4. The van der Waals surface area contributed by atoms with Gasteiger partial charge in [0.25, 0.3) is 5.91 Å². The Balaban J connectivity index is 2.80. The second-order valence-corrected chi connectivity index (χ2v) is 7.38. The van der Waals surface area contributed by atoms with Crippen LogP contribution in [0.15, 0.2) is 29.2 Å². The molecule has 0 aliphatic rings. The van der Waals surface area contributed by atoms with Crippen LogP contribution in [0.2, 0.25) is 0 Å². The summed E-state index contributed by atoms with van der Waals surface area (Å²) in [5.74, 6) is -0.223. The maximum Gasteiger partial charge on any atom is 0.251 e. The molecule has 0 spiro atoms. The van der Waals surface area contributed by atoms with Gasteiger partial charge in [0.1, 0.15) is 0 Å². The fourth-order valence-electron chi connectivity index (χ4n) is 1.39. The summed E-state index contributed by atoms with van der Waals surface area (Å²) in [5.41, 5.74) is 5.70. The molecule has 6 heteroatoms. The Bertz CT molecular complexity index is 542. The van der Waals surface area contributed by atoms with Gasteiger partial charge < -0.3 is 11.1 Å². The zero-order valence-corrected chi connectivity index (χ0v) is 12.3. The number of amides is 1. The molecule has 0 atom stereocenters. The first-order valence-electron chi connectivity index (χ1n) is 6.05. The summed E-state index contributed by atoms with van der Waals surface area (Å²) >= 11 is 0. The monoisotopic (exact) mass is 284 g/mol. The SMILES string of the molecule is CCS(=O)(=O)c1ccc(C(=O)NCC(C)(C)N)cc1. The third kappa shape index (κ3) is 4.65. The Hall–Kier alpha value is -1.40. The van der Waals surface area contributed by atoms with E-state index in [2.05, 4.69) is 5.32 Å². The summed E-state index contributed by atoms with van der Waals surface area (Å²) < 4.78 is 23.2. The summed E-state index contributed by atoms with van der Waals surface area (Å²) in [5, 5.41) is 2.70.